The average Bonchev–Trinajstić information content (AvgIpc) is 2.66. The van der Waals surface area contributed by atoms with Gasteiger partial charge in [-0.25, -0.2) is 4.39 Å². The van der Waals surface area contributed by atoms with Crippen LogP contribution < -0.4 is 4.90 Å². The molecule has 1 fully saturated rings. The van der Waals surface area contributed by atoms with Gasteiger partial charge in [0.15, 0.2) is 5.78 Å². The molecule has 1 saturated heterocycles. The van der Waals surface area contributed by atoms with Crippen LogP contribution in [0.25, 0.3) is 6.08 Å². The molecule has 5 heteroatoms. The monoisotopic (exact) mass is 355 g/mol. The molecule has 0 amide bonds. The molecule has 0 spiro atoms. The maximum absolute atomic E-state index is 13.8. The van der Waals surface area contributed by atoms with E-state index in [0.717, 1.165) is 31.9 Å². The van der Waals surface area contributed by atoms with Gasteiger partial charge in [-0.1, -0.05) is 18.2 Å². The molecule has 3 nitrogen and oxygen atoms in total. The van der Waals surface area contributed by atoms with Gasteiger partial charge in [-0.05, 0) is 35.9 Å². The molecule has 0 radical (unpaired) electrons. The highest BCUT2D eigenvalue weighted by molar-refractivity contribution is 7.99. The maximum Gasteiger partial charge on any atom is 0.191 e. The van der Waals surface area contributed by atoms with Crippen molar-refractivity contribution in [3.63, 3.8) is 0 Å². The summed E-state index contributed by atoms with van der Waals surface area (Å²) in [6, 6.07) is 12.9. The molecule has 128 valence electrons. The highest BCUT2D eigenvalue weighted by Crippen LogP contribution is 2.35. The Labute approximate surface area is 150 Å². The van der Waals surface area contributed by atoms with Crippen LogP contribution in [-0.4, -0.2) is 37.8 Å². The van der Waals surface area contributed by atoms with Crippen molar-refractivity contribution in [1.29, 1.82) is 0 Å². The number of hydrogen-bond donors (Lipinski definition) is 0. The lowest BCUT2D eigenvalue weighted by Gasteiger charge is -2.28. The van der Waals surface area contributed by atoms with Crippen molar-refractivity contribution in [2.24, 2.45) is 0 Å². The number of nitrogens with zero attached hydrogens (tertiary/aromatic N) is 1. The number of hydrogen-bond acceptors (Lipinski definition) is 4. The summed E-state index contributed by atoms with van der Waals surface area (Å²) < 4.78 is 19.2. The summed E-state index contributed by atoms with van der Waals surface area (Å²) in [5, 5.41) is 0. The van der Waals surface area contributed by atoms with Gasteiger partial charge in [0.05, 0.1) is 18.1 Å². The lowest BCUT2D eigenvalue weighted by Crippen LogP contribution is -2.36. The number of carbonyl (C=O) groups excluding carboxylic acids is 1. The summed E-state index contributed by atoms with van der Waals surface area (Å²) in [6.45, 7) is 3.32. The van der Waals surface area contributed by atoms with Gasteiger partial charge < -0.3 is 9.64 Å². The Balaban J connectivity index is 1.56. The van der Waals surface area contributed by atoms with E-state index < -0.39 is 0 Å². The molecular weight excluding hydrogens is 337 g/mol. The minimum atomic E-state index is -0.315. The molecule has 0 N–H and O–H groups in total. The Hall–Kier alpha value is -2.11. The first kappa shape index (κ1) is 16.4. The van der Waals surface area contributed by atoms with Crippen molar-refractivity contribution >= 4 is 29.3 Å². The van der Waals surface area contributed by atoms with Crippen molar-refractivity contribution in [3.05, 3.63) is 65.0 Å². The highest BCUT2D eigenvalue weighted by Gasteiger charge is 2.24. The predicted molar refractivity (Wildman–Crippen MR) is 98.9 cm³/mol. The summed E-state index contributed by atoms with van der Waals surface area (Å²) in [7, 11) is 0. The number of thioether (sulfide) groups is 1. The van der Waals surface area contributed by atoms with Gasteiger partial charge >= 0.3 is 0 Å². The fraction of sp³-hybridized carbons (Fsp3) is 0.250. The van der Waals surface area contributed by atoms with E-state index in [1.165, 1.54) is 23.5 Å². The van der Waals surface area contributed by atoms with E-state index >= 15 is 0 Å². The second-order valence-corrected chi connectivity index (χ2v) is 7.08. The van der Waals surface area contributed by atoms with Crippen molar-refractivity contribution in [1.82, 2.24) is 0 Å². The number of carbonyl (C=O) groups is 1. The smallest absolute Gasteiger partial charge is 0.191 e. The van der Waals surface area contributed by atoms with E-state index in [4.69, 9.17) is 4.74 Å². The molecule has 2 aromatic carbocycles. The number of anilines is 1. The number of ketones is 1. The lowest BCUT2D eigenvalue weighted by atomic mass is 10.0. The lowest BCUT2D eigenvalue weighted by molar-refractivity contribution is 0.103. The number of Topliss-reactive ketones (excluding diaryl/α,β-unsaturated/α-hetero) is 1. The summed E-state index contributed by atoms with van der Waals surface area (Å²) in [5.41, 5.74) is 3.33. The van der Waals surface area contributed by atoms with E-state index in [1.807, 2.05) is 18.2 Å². The largest absolute Gasteiger partial charge is 0.378 e. The van der Waals surface area contributed by atoms with Crippen LogP contribution in [0.5, 0.6) is 0 Å². The zero-order valence-corrected chi connectivity index (χ0v) is 14.5. The summed E-state index contributed by atoms with van der Waals surface area (Å²) in [5.74, 6) is 0.105. The Bertz CT molecular complexity index is 826. The van der Waals surface area contributed by atoms with Crippen LogP contribution in [0.1, 0.15) is 15.9 Å². The fourth-order valence-corrected chi connectivity index (χ4v) is 4.17. The molecule has 2 heterocycles. The summed E-state index contributed by atoms with van der Waals surface area (Å²) in [6.07, 6.45) is 1.91. The van der Waals surface area contributed by atoms with Crippen molar-refractivity contribution < 1.29 is 13.9 Å². The SMILES string of the molecule is O=C1/C(=C/c2ccc(N3CCOCC3)cc2)CSc2c(F)cccc21. The minimum absolute atomic E-state index is 0.0782. The number of morpholine rings is 1. The van der Waals surface area contributed by atoms with Crippen LogP contribution in [0.3, 0.4) is 0 Å². The molecule has 2 aromatic rings. The number of benzene rings is 2. The van der Waals surface area contributed by atoms with Crippen LogP contribution in [0.15, 0.2) is 52.9 Å². The Kier molecular flexibility index (Phi) is 4.59. The molecular formula is C20H18FNO2S. The average molecular weight is 355 g/mol. The first-order valence-corrected chi connectivity index (χ1v) is 9.30. The van der Waals surface area contributed by atoms with Crippen molar-refractivity contribution in [2.75, 3.05) is 37.0 Å². The predicted octanol–water partition coefficient (Wildman–Crippen LogP) is 4.03. The van der Waals surface area contributed by atoms with Crippen molar-refractivity contribution in [2.45, 2.75) is 4.90 Å². The van der Waals surface area contributed by atoms with Gasteiger partial charge in [-0.3, -0.25) is 4.79 Å². The summed E-state index contributed by atoms with van der Waals surface area (Å²) >= 11 is 1.39. The molecule has 0 aromatic heterocycles. The third-order valence-corrected chi connectivity index (χ3v) is 5.64. The van der Waals surface area contributed by atoms with E-state index in [9.17, 15) is 9.18 Å². The highest BCUT2D eigenvalue weighted by atomic mass is 32.2. The number of ether oxygens (including phenoxy) is 1. The molecule has 2 aliphatic heterocycles. The van der Waals surface area contributed by atoms with Gasteiger partial charge in [-0.15, -0.1) is 11.8 Å². The first-order valence-electron chi connectivity index (χ1n) is 8.32. The zero-order chi connectivity index (χ0) is 17.2. The quantitative estimate of drug-likeness (QED) is 0.761. The Morgan fingerprint density at radius 2 is 1.84 bits per heavy atom. The van der Waals surface area contributed by atoms with E-state index in [0.29, 0.717) is 21.8 Å². The molecule has 0 atom stereocenters. The van der Waals surface area contributed by atoms with E-state index in [1.54, 1.807) is 12.1 Å². The number of halogens is 1. The molecule has 25 heavy (non-hydrogen) atoms. The van der Waals surface area contributed by atoms with Crippen LogP contribution in [-0.2, 0) is 4.74 Å². The van der Waals surface area contributed by atoms with Gasteiger partial charge in [-0.2, -0.15) is 0 Å². The van der Waals surface area contributed by atoms with Gasteiger partial charge in [0, 0.05) is 35.7 Å². The standard InChI is InChI=1S/C20H18FNO2S/c21-18-3-1-2-17-19(23)15(13-25-20(17)18)12-14-4-6-16(7-5-14)22-8-10-24-11-9-22/h1-7,12H,8-11,13H2/b15-12+. The van der Waals surface area contributed by atoms with Crippen LogP contribution in [0, 0.1) is 5.82 Å². The van der Waals surface area contributed by atoms with Crippen LogP contribution in [0.2, 0.25) is 0 Å². The Morgan fingerprint density at radius 1 is 1.08 bits per heavy atom. The second kappa shape index (κ2) is 7.02. The van der Waals surface area contributed by atoms with Crippen LogP contribution in [0.4, 0.5) is 10.1 Å². The third kappa shape index (κ3) is 3.34. The molecule has 0 aliphatic carbocycles. The molecule has 2 aliphatic rings. The minimum Gasteiger partial charge on any atom is -0.378 e. The fourth-order valence-electron chi connectivity index (χ4n) is 3.13. The second-order valence-electron chi connectivity index (χ2n) is 6.09. The summed E-state index contributed by atoms with van der Waals surface area (Å²) in [4.78, 5) is 15.4. The first-order chi connectivity index (χ1) is 12.2. The normalized spacial score (nSPS) is 19.2. The van der Waals surface area contributed by atoms with Crippen LogP contribution >= 0.6 is 11.8 Å². The zero-order valence-electron chi connectivity index (χ0n) is 13.7. The molecule has 4 rings (SSSR count). The van der Waals surface area contributed by atoms with Gasteiger partial charge in [0.25, 0.3) is 0 Å². The van der Waals surface area contributed by atoms with E-state index in [2.05, 4.69) is 17.0 Å². The van der Waals surface area contributed by atoms with Crippen molar-refractivity contribution in [3.8, 4) is 0 Å². The van der Waals surface area contributed by atoms with E-state index in [-0.39, 0.29) is 11.6 Å². The number of rotatable bonds is 2. The molecule has 0 unspecified atom stereocenters. The molecule has 0 saturated carbocycles. The number of fused-ring (bicyclic) bond motifs is 1. The third-order valence-electron chi connectivity index (χ3n) is 4.49. The maximum atomic E-state index is 13.8. The van der Waals surface area contributed by atoms with Gasteiger partial charge in [0.1, 0.15) is 5.82 Å². The Morgan fingerprint density at radius 3 is 2.60 bits per heavy atom. The topological polar surface area (TPSA) is 29.5 Å². The van der Waals surface area contributed by atoms with Gasteiger partial charge in [0.2, 0.25) is 0 Å². The molecule has 0 bridgehead atoms.